The van der Waals surface area contributed by atoms with Crippen molar-refractivity contribution in [1.29, 1.82) is 0 Å². The molecule has 5 heteroatoms. The fraction of sp³-hybridized carbons (Fsp3) is 0.667. The number of hydrogen-bond acceptors (Lipinski definition) is 5. The first-order chi connectivity index (χ1) is 11.1. The van der Waals surface area contributed by atoms with Gasteiger partial charge in [-0.15, -0.1) is 0 Å². The van der Waals surface area contributed by atoms with E-state index in [1.165, 1.54) is 12.8 Å². The summed E-state index contributed by atoms with van der Waals surface area (Å²) in [6.45, 7) is 6.62. The van der Waals surface area contributed by atoms with Gasteiger partial charge in [0.15, 0.2) is 11.5 Å². The van der Waals surface area contributed by atoms with Crippen LogP contribution in [0.3, 0.4) is 0 Å². The highest BCUT2D eigenvalue weighted by Crippen LogP contribution is 2.30. The van der Waals surface area contributed by atoms with E-state index in [1.807, 2.05) is 19.1 Å². The minimum Gasteiger partial charge on any atom is -0.493 e. The first-order valence-corrected chi connectivity index (χ1v) is 8.45. The van der Waals surface area contributed by atoms with Gasteiger partial charge in [-0.05, 0) is 51.4 Å². The molecular weight excluding hydrogens is 292 g/mol. The Morgan fingerprint density at radius 2 is 2.00 bits per heavy atom. The van der Waals surface area contributed by atoms with Crippen LogP contribution in [0.4, 0.5) is 0 Å². The van der Waals surface area contributed by atoms with E-state index in [1.54, 1.807) is 14.2 Å². The molecule has 0 radical (unpaired) electrons. The molecule has 5 nitrogen and oxygen atoms in total. The SMILES string of the molecule is COc1cccc(CNCC2CCN(C[C@@H](C)O)CC2)c1OC. The third-order valence-corrected chi connectivity index (χ3v) is 4.46. The van der Waals surface area contributed by atoms with Gasteiger partial charge in [-0.3, -0.25) is 0 Å². The quantitative estimate of drug-likeness (QED) is 0.765. The first-order valence-electron chi connectivity index (χ1n) is 8.45. The van der Waals surface area contributed by atoms with Crippen LogP contribution in [-0.4, -0.2) is 56.5 Å². The molecule has 2 rings (SSSR count). The van der Waals surface area contributed by atoms with Gasteiger partial charge >= 0.3 is 0 Å². The number of ether oxygens (including phenoxy) is 2. The molecule has 1 aromatic carbocycles. The van der Waals surface area contributed by atoms with E-state index >= 15 is 0 Å². The highest BCUT2D eigenvalue weighted by Gasteiger charge is 2.19. The van der Waals surface area contributed by atoms with Gasteiger partial charge in [0.2, 0.25) is 0 Å². The number of nitrogens with one attached hydrogen (secondary N) is 1. The Morgan fingerprint density at radius 3 is 2.61 bits per heavy atom. The number of rotatable bonds is 8. The minimum atomic E-state index is -0.231. The first kappa shape index (κ1) is 18.0. The lowest BCUT2D eigenvalue weighted by Crippen LogP contribution is -2.40. The highest BCUT2D eigenvalue weighted by molar-refractivity contribution is 5.46. The summed E-state index contributed by atoms with van der Waals surface area (Å²) in [6.07, 6.45) is 2.15. The zero-order valence-corrected chi connectivity index (χ0v) is 14.5. The number of nitrogens with zero attached hydrogens (tertiary/aromatic N) is 1. The Labute approximate surface area is 139 Å². The molecule has 0 unspecified atom stereocenters. The molecule has 23 heavy (non-hydrogen) atoms. The van der Waals surface area contributed by atoms with Crippen molar-refractivity contribution < 1.29 is 14.6 Å². The van der Waals surface area contributed by atoms with Crippen molar-refractivity contribution in [3.63, 3.8) is 0 Å². The van der Waals surface area contributed by atoms with Crippen molar-refractivity contribution in [2.24, 2.45) is 5.92 Å². The van der Waals surface area contributed by atoms with E-state index in [-0.39, 0.29) is 6.10 Å². The van der Waals surface area contributed by atoms with E-state index in [9.17, 15) is 5.11 Å². The lowest BCUT2D eigenvalue weighted by molar-refractivity contribution is 0.0998. The molecule has 0 bridgehead atoms. The fourth-order valence-electron chi connectivity index (χ4n) is 3.25. The van der Waals surface area contributed by atoms with Gasteiger partial charge in [0.1, 0.15) is 0 Å². The monoisotopic (exact) mass is 322 g/mol. The Balaban J connectivity index is 1.76. The smallest absolute Gasteiger partial charge is 0.165 e. The molecule has 1 aliphatic rings. The summed E-state index contributed by atoms with van der Waals surface area (Å²) in [7, 11) is 3.34. The van der Waals surface area contributed by atoms with Crippen LogP contribution in [0.15, 0.2) is 18.2 Å². The number of likely N-dealkylation sites (tertiary alicyclic amines) is 1. The molecule has 1 fully saturated rings. The largest absolute Gasteiger partial charge is 0.493 e. The van der Waals surface area contributed by atoms with Crippen LogP contribution in [0, 0.1) is 5.92 Å². The van der Waals surface area contributed by atoms with Crippen LogP contribution in [0.5, 0.6) is 11.5 Å². The zero-order valence-electron chi connectivity index (χ0n) is 14.5. The normalized spacial score (nSPS) is 17.9. The molecule has 0 spiro atoms. The Kier molecular flexibility index (Phi) is 7.15. The number of methoxy groups -OCH3 is 2. The number of hydrogen-bond donors (Lipinski definition) is 2. The summed E-state index contributed by atoms with van der Waals surface area (Å²) in [4.78, 5) is 2.35. The molecule has 0 aromatic heterocycles. The number of β-amino-alcohol motifs (C(OH)–C–C–N with tert-alkyl or cyclic N) is 1. The average Bonchev–Trinajstić information content (AvgIpc) is 2.55. The van der Waals surface area contributed by atoms with Crippen LogP contribution < -0.4 is 14.8 Å². The van der Waals surface area contributed by atoms with E-state index < -0.39 is 0 Å². The van der Waals surface area contributed by atoms with Gasteiger partial charge in [0.25, 0.3) is 0 Å². The third-order valence-electron chi connectivity index (χ3n) is 4.46. The molecule has 1 aromatic rings. The maximum atomic E-state index is 9.45. The van der Waals surface area contributed by atoms with Gasteiger partial charge in [-0.1, -0.05) is 12.1 Å². The van der Waals surface area contributed by atoms with E-state index in [0.29, 0.717) is 5.92 Å². The van der Waals surface area contributed by atoms with Crippen molar-refractivity contribution in [3.05, 3.63) is 23.8 Å². The highest BCUT2D eigenvalue weighted by atomic mass is 16.5. The predicted molar refractivity (Wildman–Crippen MR) is 92.1 cm³/mol. The molecule has 1 aliphatic heterocycles. The third kappa shape index (κ3) is 5.37. The van der Waals surface area contributed by atoms with Crippen LogP contribution in [0.1, 0.15) is 25.3 Å². The molecule has 1 saturated heterocycles. The molecule has 0 saturated carbocycles. The number of para-hydroxylation sites is 1. The van der Waals surface area contributed by atoms with E-state index in [0.717, 1.165) is 49.8 Å². The Bertz CT molecular complexity index is 471. The summed E-state index contributed by atoms with van der Waals surface area (Å²) in [5.41, 5.74) is 1.12. The van der Waals surface area contributed by atoms with Crippen LogP contribution in [-0.2, 0) is 6.54 Å². The second-order valence-corrected chi connectivity index (χ2v) is 6.38. The van der Waals surface area contributed by atoms with Crippen molar-refractivity contribution >= 4 is 0 Å². The average molecular weight is 322 g/mol. The lowest BCUT2D eigenvalue weighted by Gasteiger charge is -2.32. The second-order valence-electron chi connectivity index (χ2n) is 6.38. The number of benzene rings is 1. The predicted octanol–water partition coefficient (Wildman–Crippen LogP) is 1.89. The zero-order chi connectivity index (χ0) is 16.7. The summed E-state index contributed by atoms with van der Waals surface area (Å²) < 4.78 is 10.8. The van der Waals surface area contributed by atoms with Crippen molar-refractivity contribution in [2.75, 3.05) is 40.4 Å². The van der Waals surface area contributed by atoms with Gasteiger partial charge in [0, 0.05) is 18.7 Å². The van der Waals surface area contributed by atoms with Crippen molar-refractivity contribution in [2.45, 2.75) is 32.4 Å². The maximum absolute atomic E-state index is 9.45. The topological polar surface area (TPSA) is 54.0 Å². The minimum absolute atomic E-state index is 0.231. The van der Waals surface area contributed by atoms with Crippen molar-refractivity contribution in [1.82, 2.24) is 10.2 Å². The molecule has 1 heterocycles. The maximum Gasteiger partial charge on any atom is 0.165 e. The Morgan fingerprint density at radius 1 is 1.26 bits per heavy atom. The van der Waals surface area contributed by atoms with Crippen LogP contribution >= 0.6 is 0 Å². The molecule has 0 amide bonds. The lowest BCUT2D eigenvalue weighted by atomic mass is 9.96. The molecule has 2 N–H and O–H groups in total. The summed E-state index contributed by atoms with van der Waals surface area (Å²) in [5, 5.41) is 13.0. The van der Waals surface area contributed by atoms with Crippen LogP contribution in [0.25, 0.3) is 0 Å². The summed E-state index contributed by atoms with van der Waals surface area (Å²) in [5.74, 6) is 2.30. The summed E-state index contributed by atoms with van der Waals surface area (Å²) >= 11 is 0. The van der Waals surface area contributed by atoms with Gasteiger partial charge in [-0.2, -0.15) is 0 Å². The molecule has 130 valence electrons. The number of aliphatic hydroxyl groups is 1. The summed E-state index contributed by atoms with van der Waals surface area (Å²) in [6, 6.07) is 5.98. The van der Waals surface area contributed by atoms with Crippen molar-refractivity contribution in [3.8, 4) is 11.5 Å². The molecule has 0 aliphatic carbocycles. The second kappa shape index (κ2) is 9.11. The standard InChI is InChI=1S/C18H30N2O3/c1-14(21)13-20-9-7-15(8-10-20)11-19-12-16-5-4-6-17(22-2)18(16)23-3/h4-6,14-15,19,21H,7-13H2,1-3H3/t14-/m1/s1. The number of aliphatic hydroxyl groups excluding tert-OH is 1. The van der Waals surface area contributed by atoms with Gasteiger partial charge in [0.05, 0.1) is 20.3 Å². The van der Waals surface area contributed by atoms with Crippen LogP contribution in [0.2, 0.25) is 0 Å². The van der Waals surface area contributed by atoms with Gasteiger partial charge in [-0.25, -0.2) is 0 Å². The fourth-order valence-corrected chi connectivity index (χ4v) is 3.25. The Hall–Kier alpha value is -1.30. The van der Waals surface area contributed by atoms with E-state index in [4.69, 9.17) is 9.47 Å². The van der Waals surface area contributed by atoms with E-state index in [2.05, 4.69) is 16.3 Å². The number of piperidine rings is 1. The molecular formula is C18H30N2O3. The molecule has 1 atom stereocenters. The van der Waals surface area contributed by atoms with Gasteiger partial charge < -0.3 is 24.8 Å².